The quantitative estimate of drug-likeness (QED) is 0.122. The number of fused-ring (bicyclic) bond motifs is 1. The van der Waals surface area contributed by atoms with Gasteiger partial charge in [-0.05, 0) is 124 Å². The Hall–Kier alpha value is -4.77. The number of ether oxygens (including phenoxy) is 1. The predicted octanol–water partition coefficient (Wildman–Crippen LogP) is 7.38. The number of carbonyl (C=O) groups is 2. The number of nitrogens with zero attached hydrogens (tertiary/aromatic N) is 5. The first kappa shape index (κ1) is 35.3. The van der Waals surface area contributed by atoms with E-state index in [1.54, 1.807) is 0 Å². The minimum Gasteiger partial charge on any atom is -0.455 e. The minimum absolute atomic E-state index is 0.0624. The van der Waals surface area contributed by atoms with Gasteiger partial charge in [-0.15, -0.1) is 0 Å². The Bertz CT molecular complexity index is 1930. The SMILES string of the molecule is C=CC(=O)Nc1cc(-c2nn(C3CCN(CCNC(=O)[C@@H](C)CCC45CC6CC(CC(C6)C4)C5)CC3)c3ncnc(N)c23)ccc1Oc1ccccc1. The third kappa shape index (κ3) is 7.54. The molecule has 11 nitrogen and oxygen atoms in total. The van der Waals surface area contributed by atoms with Crippen LogP contribution in [0, 0.1) is 29.1 Å². The van der Waals surface area contributed by atoms with E-state index >= 15 is 0 Å². The first-order valence-corrected chi connectivity index (χ1v) is 19.6. The van der Waals surface area contributed by atoms with Crippen LogP contribution in [0.25, 0.3) is 22.3 Å². The van der Waals surface area contributed by atoms with Gasteiger partial charge in [-0.25, -0.2) is 14.6 Å². The lowest BCUT2D eigenvalue weighted by molar-refractivity contribution is -0.125. The molecule has 5 fully saturated rings. The summed E-state index contributed by atoms with van der Waals surface area (Å²) < 4.78 is 8.11. The van der Waals surface area contributed by atoms with Crippen molar-refractivity contribution in [3.05, 3.63) is 67.5 Å². The molecule has 0 unspecified atom stereocenters. The standard InChI is InChI=1S/C42H52N8O3/c1-3-36(51)47-34-22-31(9-10-35(34)53-33-7-5-4-6-8-33)38-37-39(43)45-26-46-40(37)50(48-38)32-12-16-49(17-13-32)18-15-44-41(52)27(2)11-14-42-23-28-19-29(24-42)21-30(20-28)25-42/h3-10,22,26-30,32H,1,11-21,23-25H2,2H3,(H,44,52)(H,47,51)(H2,43,45,46)/t27-,28?,29?,30?,42?/m0/s1. The van der Waals surface area contributed by atoms with E-state index in [1.807, 2.05) is 53.2 Å². The molecule has 4 aliphatic carbocycles. The molecule has 1 saturated heterocycles. The van der Waals surface area contributed by atoms with Crippen molar-refractivity contribution in [2.45, 2.75) is 77.2 Å². The molecule has 0 spiro atoms. The molecule has 5 aliphatic rings. The number of nitrogens with one attached hydrogen (secondary N) is 2. The van der Waals surface area contributed by atoms with E-state index in [2.05, 4.69) is 39.0 Å². The number of nitrogens with two attached hydrogens (primary N) is 1. The van der Waals surface area contributed by atoms with Crippen LogP contribution in [0.4, 0.5) is 11.5 Å². The number of aromatic nitrogens is 4. The molecule has 53 heavy (non-hydrogen) atoms. The van der Waals surface area contributed by atoms with Gasteiger partial charge in [0.15, 0.2) is 11.4 Å². The van der Waals surface area contributed by atoms with E-state index in [0.717, 1.165) is 62.2 Å². The molecule has 1 aliphatic heterocycles. The largest absolute Gasteiger partial charge is 0.455 e. The lowest BCUT2D eigenvalue weighted by Crippen LogP contribution is -2.46. The van der Waals surface area contributed by atoms with Crippen LogP contribution in [0.5, 0.6) is 11.5 Å². The molecule has 2 aromatic heterocycles. The second-order valence-corrected chi connectivity index (χ2v) is 16.3. The number of anilines is 2. The molecule has 3 heterocycles. The molecule has 4 bridgehead atoms. The molecule has 2 aromatic carbocycles. The van der Waals surface area contributed by atoms with Crippen molar-refractivity contribution in [1.29, 1.82) is 0 Å². The van der Waals surface area contributed by atoms with E-state index in [9.17, 15) is 9.59 Å². The number of amides is 2. The van der Waals surface area contributed by atoms with Crippen LogP contribution in [0.3, 0.4) is 0 Å². The number of nitrogen functional groups attached to an aromatic ring is 1. The summed E-state index contributed by atoms with van der Waals surface area (Å²) in [6, 6.07) is 15.1. The van der Waals surface area contributed by atoms with Crippen molar-refractivity contribution < 1.29 is 14.3 Å². The van der Waals surface area contributed by atoms with Gasteiger partial charge in [0, 0.05) is 37.7 Å². The monoisotopic (exact) mass is 716 g/mol. The van der Waals surface area contributed by atoms with Crippen LogP contribution >= 0.6 is 0 Å². The molecular weight excluding hydrogens is 665 g/mol. The van der Waals surface area contributed by atoms with Crippen LogP contribution in [0.15, 0.2) is 67.5 Å². The second-order valence-electron chi connectivity index (χ2n) is 16.3. The normalized spacial score (nSPS) is 24.6. The lowest BCUT2D eigenvalue weighted by Gasteiger charge is -2.57. The van der Waals surface area contributed by atoms with E-state index in [-0.39, 0.29) is 23.8 Å². The van der Waals surface area contributed by atoms with Crippen molar-refractivity contribution in [3.8, 4) is 22.8 Å². The molecule has 1 atom stereocenters. The molecule has 4 saturated carbocycles. The maximum Gasteiger partial charge on any atom is 0.247 e. The fraction of sp³-hybridized carbons (Fsp3) is 0.500. The fourth-order valence-electron chi connectivity index (χ4n) is 10.3. The summed E-state index contributed by atoms with van der Waals surface area (Å²) >= 11 is 0. The molecule has 4 N–H and O–H groups in total. The average Bonchev–Trinajstić information content (AvgIpc) is 3.55. The van der Waals surface area contributed by atoms with Crippen LogP contribution in [-0.2, 0) is 9.59 Å². The smallest absolute Gasteiger partial charge is 0.247 e. The summed E-state index contributed by atoms with van der Waals surface area (Å²) in [6.07, 6.45) is 15.3. The topological polar surface area (TPSA) is 140 Å². The minimum atomic E-state index is -0.355. The van der Waals surface area contributed by atoms with Gasteiger partial charge in [0.25, 0.3) is 0 Å². The van der Waals surface area contributed by atoms with Crippen molar-refractivity contribution in [2.24, 2.45) is 29.1 Å². The van der Waals surface area contributed by atoms with Gasteiger partial charge >= 0.3 is 0 Å². The third-order valence-electron chi connectivity index (χ3n) is 12.5. The molecule has 2 amide bonds. The number of hydrogen-bond acceptors (Lipinski definition) is 8. The highest BCUT2D eigenvalue weighted by atomic mass is 16.5. The Labute approximate surface area is 311 Å². The highest BCUT2D eigenvalue weighted by Gasteiger charge is 2.50. The highest BCUT2D eigenvalue weighted by molar-refractivity contribution is 6.02. The fourth-order valence-corrected chi connectivity index (χ4v) is 10.3. The Balaban J connectivity index is 0.892. The van der Waals surface area contributed by atoms with Gasteiger partial charge in [-0.3, -0.25) is 9.59 Å². The van der Waals surface area contributed by atoms with Gasteiger partial charge in [0.05, 0.1) is 17.1 Å². The Morgan fingerprint density at radius 1 is 1.04 bits per heavy atom. The van der Waals surface area contributed by atoms with Crippen LogP contribution in [0.2, 0.25) is 0 Å². The summed E-state index contributed by atoms with van der Waals surface area (Å²) in [5.74, 6) is 4.26. The van der Waals surface area contributed by atoms with Gasteiger partial charge in [0.2, 0.25) is 11.8 Å². The maximum atomic E-state index is 13.1. The summed E-state index contributed by atoms with van der Waals surface area (Å²) in [6.45, 7) is 9.00. The Morgan fingerprint density at radius 2 is 1.75 bits per heavy atom. The zero-order valence-corrected chi connectivity index (χ0v) is 30.8. The summed E-state index contributed by atoms with van der Waals surface area (Å²) in [5, 5.41) is 11.9. The first-order chi connectivity index (χ1) is 25.8. The second kappa shape index (κ2) is 14.9. The number of rotatable bonds is 13. The Morgan fingerprint density at radius 3 is 2.45 bits per heavy atom. The lowest BCUT2D eigenvalue weighted by atomic mass is 9.48. The average molecular weight is 717 g/mol. The number of likely N-dealkylation sites (tertiary alicyclic amines) is 1. The highest BCUT2D eigenvalue weighted by Crippen LogP contribution is 2.61. The van der Waals surface area contributed by atoms with Gasteiger partial charge < -0.3 is 26.0 Å². The maximum absolute atomic E-state index is 13.1. The number of benzene rings is 2. The summed E-state index contributed by atoms with van der Waals surface area (Å²) in [7, 11) is 0. The van der Waals surface area contributed by atoms with Crippen LogP contribution in [0.1, 0.15) is 77.2 Å². The first-order valence-electron chi connectivity index (χ1n) is 19.6. The van der Waals surface area contributed by atoms with Crippen molar-refractivity contribution in [1.82, 2.24) is 30.0 Å². The molecule has 278 valence electrons. The number of para-hydroxylation sites is 1. The van der Waals surface area contributed by atoms with E-state index < -0.39 is 0 Å². The number of piperidine rings is 1. The number of hydrogen-bond donors (Lipinski definition) is 3. The van der Waals surface area contributed by atoms with Gasteiger partial charge in [0.1, 0.15) is 23.6 Å². The molecule has 11 heteroatoms. The van der Waals surface area contributed by atoms with Crippen LogP contribution < -0.4 is 21.1 Å². The zero-order valence-electron chi connectivity index (χ0n) is 30.8. The van der Waals surface area contributed by atoms with E-state index in [1.165, 1.54) is 57.3 Å². The third-order valence-corrected chi connectivity index (χ3v) is 12.5. The van der Waals surface area contributed by atoms with E-state index in [4.69, 9.17) is 15.6 Å². The summed E-state index contributed by atoms with van der Waals surface area (Å²) in [4.78, 5) is 36.9. The van der Waals surface area contributed by atoms with Crippen molar-refractivity contribution in [3.63, 3.8) is 0 Å². The van der Waals surface area contributed by atoms with Gasteiger partial charge in [-0.2, -0.15) is 5.10 Å². The molecular formula is C42H52N8O3. The predicted molar refractivity (Wildman–Crippen MR) is 207 cm³/mol. The van der Waals surface area contributed by atoms with Crippen molar-refractivity contribution in [2.75, 3.05) is 37.2 Å². The van der Waals surface area contributed by atoms with E-state index in [0.29, 0.717) is 51.7 Å². The van der Waals surface area contributed by atoms with Crippen molar-refractivity contribution >= 4 is 34.4 Å². The zero-order chi connectivity index (χ0) is 36.5. The Kier molecular flexibility index (Phi) is 9.93. The molecule has 4 aromatic rings. The number of carbonyl (C=O) groups excluding carboxylic acids is 2. The van der Waals surface area contributed by atoms with Crippen LogP contribution in [-0.4, -0.2) is 62.6 Å². The summed E-state index contributed by atoms with van der Waals surface area (Å²) in [5.41, 5.74) is 9.54. The molecule has 9 rings (SSSR count). The molecule has 0 radical (unpaired) electrons. The van der Waals surface area contributed by atoms with Gasteiger partial charge in [-0.1, -0.05) is 31.7 Å².